The predicted molar refractivity (Wildman–Crippen MR) is 112 cm³/mol. The molecule has 0 spiro atoms. The fourth-order valence-corrected chi connectivity index (χ4v) is 3.59. The first-order valence-corrected chi connectivity index (χ1v) is 10.1. The minimum absolute atomic E-state index is 0.112. The Balaban J connectivity index is 1.73. The maximum absolute atomic E-state index is 13.0. The van der Waals surface area contributed by atoms with Crippen LogP contribution in [0.1, 0.15) is 44.2 Å². The third kappa shape index (κ3) is 5.42. The molecule has 2 aromatic rings. The maximum Gasteiger partial charge on any atom is 0.251 e. The number of nitrogens with one attached hydrogen (secondary N) is 2. The molecule has 5 nitrogen and oxygen atoms in total. The summed E-state index contributed by atoms with van der Waals surface area (Å²) in [7, 11) is 0. The third-order valence-electron chi connectivity index (χ3n) is 5.29. The predicted octanol–water partition coefficient (Wildman–Crippen LogP) is 3.75. The summed E-state index contributed by atoms with van der Waals surface area (Å²) in [6.45, 7) is 3.79. The summed E-state index contributed by atoms with van der Waals surface area (Å²) in [5.74, 6) is -0.354. The lowest BCUT2D eigenvalue weighted by molar-refractivity contribution is -0.130. The molecule has 0 bridgehead atoms. The molecule has 1 aliphatic heterocycles. The van der Waals surface area contributed by atoms with Crippen LogP contribution >= 0.6 is 0 Å². The van der Waals surface area contributed by atoms with E-state index < -0.39 is 6.04 Å². The zero-order chi connectivity index (χ0) is 19.8. The number of carbonyl (C=O) groups excluding carboxylic acids is 2. The molecule has 0 saturated carbocycles. The van der Waals surface area contributed by atoms with E-state index in [0.29, 0.717) is 5.69 Å². The first-order chi connectivity index (χ1) is 13.6. The Morgan fingerprint density at radius 1 is 0.821 bits per heavy atom. The molecule has 0 aromatic heterocycles. The van der Waals surface area contributed by atoms with E-state index in [9.17, 15) is 9.59 Å². The molecular formula is C23H29N3O2. The number of benzene rings is 2. The normalized spacial score (nSPS) is 17.2. The second-order valence-corrected chi connectivity index (χ2v) is 7.33. The number of carbonyl (C=O) groups is 2. The molecule has 148 valence electrons. The number of likely N-dealkylation sites (tertiary alicyclic amines) is 1. The Morgan fingerprint density at radius 2 is 1.39 bits per heavy atom. The number of anilines is 1. The highest BCUT2D eigenvalue weighted by Gasteiger charge is 2.28. The van der Waals surface area contributed by atoms with E-state index in [4.69, 9.17) is 0 Å². The first kappa shape index (κ1) is 20.1. The van der Waals surface area contributed by atoms with Crippen molar-refractivity contribution in [1.82, 2.24) is 10.2 Å². The van der Waals surface area contributed by atoms with Crippen molar-refractivity contribution in [3.05, 3.63) is 66.2 Å². The van der Waals surface area contributed by atoms with Gasteiger partial charge in [-0.25, -0.2) is 0 Å². The summed E-state index contributed by atoms with van der Waals surface area (Å²) in [4.78, 5) is 28.1. The molecular weight excluding hydrogens is 350 g/mol. The van der Waals surface area contributed by atoms with E-state index >= 15 is 0 Å². The fraction of sp³-hybridized carbons (Fsp3) is 0.391. The van der Waals surface area contributed by atoms with Crippen molar-refractivity contribution in [2.24, 2.45) is 0 Å². The van der Waals surface area contributed by atoms with Crippen LogP contribution in [0.15, 0.2) is 60.7 Å². The van der Waals surface area contributed by atoms with E-state index in [1.165, 1.54) is 12.8 Å². The standard InChI is InChI=1S/C23H29N3O2/c1-18(26-16-10-2-3-11-17-26)22(27)25-21(19-12-6-4-7-13-19)23(28)24-20-14-8-5-9-15-20/h4-9,12-15,18,21H,2-3,10-11,16-17H2,1H3,(H,24,28)(H,25,27). The molecule has 0 radical (unpaired) electrons. The molecule has 5 heteroatoms. The van der Waals surface area contributed by atoms with Crippen LogP contribution in [0.3, 0.4) is 0 Å². The molecule has 28 heavy (non-hydrogen) atoms. The van der Waals surface area contributed by atoms with Crippen molar-refractivity contribution in [2.45, 2.75) is 44.7 Å². The summed E-state index contributed by atoms with van der Waals surface area (Å²) >= 11 is 0. The Bertz CT molecular complexity index is 756. The average molecular weight is 380 g/mol. The maximum atomic E-state index is 13.0. The van der Waals surface area contributed by atoms with Crippen molar-refractivity contribution in [3.63, 3.8) is 0 Å². The number of hydrogen-bond acceptors (Lipinski definition) is 3. The van der Waals surface area contributed by atoms with Crippen molar-refractivity contribution < 1.29 is 9.59 Å². The quantitative estimate of drug-likeness (QED) is 0.804. The van der Waals surface area contributed by atoms with Gasteiger partial charge in [-0.05, 0) is 50.6 Å². The van der Waals surface area contributed by atoms with Crippen LogP contribution in [0, 0.1) is 0 Å². The van der Waals surface area contributed by atoms with Gasteiger partial charge in [-0.3, -0.25) is 14.5 Å². The van der Waals surface area contributed by atoms with Gasteiger partial charge in [0.1, 0.15) is 6.04 Å². The van der Waals surface area contributed by atoms with Crippen LogP contribution in [-0.2, 0) is 9.59 Å². The van der Waals surface area contributed by atoms with Gasteiger partial charge in [-0.15, -0.1) is 0 Å². The van der Waals surface area contributed by atoms with Crippen molar-refractivity contribution in [1.29, 1.82) is 0 Å². The van der Waals surface area contributed by atoms with Gasteiger partial charge in [0, 0.05) is 5.69 Å². The lowest BCUT2D eigenvalue weighted by atomic mass is 10.1. The Hall–Kier alpha value is -2.66. The SMILES string of the molecule is CC(C(=O)NC(C(=O)Nc1ccccc1)c1ccccc1)N1CCCCCC1. The Morgan fingerprint density at radius 3 is 2.00 bits per heavy atom. The van der Waals surface area contributed by atoms with Crippen LogP contribution in [0.25, 0.3) is 0 Å². The lowest BCUT2D eigenvalue weighted by Crippen LogP contribution is -2.48. The van der Waals surface area contributed by atoms with Crippen LogP contribution in [0.5, 0.6) is 0 Å². The highest BCUT2D eigenvalue weighted by atomic mass is 16.2. The molecule has 1 saturated heterocycles. The molecule has 2 atom stereocenters. The van der Waals surface area contributed by atoms with Crippen LogP contribution < -0.4 is 10.6 Å². The van der Waals surface area contributed by atoms with Gasteiger partial charge < -0.3 is 10.6 Å². The lowest BCUT2D eigenvalue weighted by Gasteiger charge is -2.28. The highest BCUT2D eigenvalue weighted by Crippen LogP contribution is 2.18. The zero-order valence-electron chi connectivity index (χ0n) is 16.4. The van der Waals surface area contributed by atoms with Crippen molar-refractivity contribution in [3.8, 4) is 0 Å². The van der Waals surface area contributed by atoms with E-state index in [0.717, 1.165) is 31.5 Å². The summed E-state index contributed by atoms with van der Waals surface area (Å²) < 4.78 is 0. The van der Waals surface area contributed by atoms with Crippen molar-refractivity contribution >= 4 is 17.5 Å². The number of hydrogen-bond donors (Lipinski definition) is 2. The summed E-state index contributed by atoms with van der Waals surface area (Å²) in [5, 5.41) is 5.89. The summed E-state index contributed by atoms with van der Waals surface area (Å²) in [6, 6.07) is 17.7. The van der Waals surface area contributed by atoms with E-state index in [1.54, 1.807) is 0 Å². The largest absolute Gasteiger partial charge is 0.339 e. The van der Waals surface area contributed by atoms with Crippen LogP contribution in [0.2, 0.25) is 0 Å². The number of nitrogens with zero attached hydrogens (tertiary/aromatic N) is 1. The van der Waals surface area contributed by atoms with Gasteiger partial charge in [-0.1, -0.05) is 61.4 Å². The van der Waals surface area contributed by atoms with Gasteiger partial charge in [0.05, 0.1) is 6.04 Å². The molecule has 1 fully saturated rings. The van der Waals surface area contributed by atoms with Gasteiger partial charge in [0.15, 0.2) is 0 Å². The topological polar surface area (TPSA) is 61.4 Å². The highest BCUT2D eigenvalue weighted by molar-refractivity contribution is 5.98. The van der Waals surface area contributed by atoms with Crippen molar-refractivity contribution in [2.75, 3.05) is 18.4 Å². The van der Waals surface area contributed by atoms with E-state index in [-0.39, 0.29) is 17.9 Å². The Kier molecular flexibility index (Phi) is 7.20. The molecule has 2 unspecified atom stereocenters. The Labute approximate surface area is 167 Å². The third-order valence-corrected chi connectivity index (χ3v) is 5.29. The number of amides is 2. The van der Waals surface area contributed by atoms with Gasteiger partial charge in [0.25, 0.3) is 5.91 Å². The molecule has 3 rings (SSSR count). The summed E-state index contributed by atoms with van der Waals surface area (Å²) in [6.07, 6.45) is 4.68. The second kappa shape index (κ2) is 10.0. The summed E-state index contributed by atoms with van der Waals surface area (Å²) in [5.41, 5.74) is 1.48. The molecule has 2 N–H and O–H groups in total. The van der Waals surface area contributed by atoms with Crippen LogP contribution in [-0.4, -0.2) is 35.8 Å². The molecule has 1 aliphatic rings. The van der Waals surface area contributed by atoms with Gasteiger partial charge >= 0.3 is 0 Å². The van der Waals surface area contributed by atoms with E-state index in [2.05, 4.69) is 15.5 Å². The second-order valence-electron chi connectivity index (χ2n) is 7.33. The van der Waals surface area contributed by atoms with E-state index in [1.807, 2.05) is 67.6 Å². The van der Waals surface area contributed by atoms with Gasteiger partial charge in [0.2, 0.25) is 5.91 Å². The minimum Gasteiger partial charge on any atom is -0.339 e. The minimum atomic E-state index is -0.733. The number of rotatable bonds is 6. The average Bonchev–Trinajstić information content (AvgIpc) is 3.02. The number of para-hydroxylation sites is 1. The first-order valence-electron chi connectivity index (χ1n) is 10.1. The zero-order valence-corrected chi connectivity index (χ0v) is 16.4. The molecule has 2 amide bonds. The molecule has 0 aliphatic carbocycles. The monoisotopic (exact) mass is 379 g/mol. The van der Waals surface area contributed by atoms with Gasteiger partial charge in [-0.2, -0.15) is 0 Å². The molecule has 2 aromatic carbocycles. The molecule has 1 heterocycles. The fourth-order valence-electron chi connectivity index (χ4n) is 3.59. The van der Waals surface area contributed by atoms with Crippen LogP contribution in [0.4, 0.5) is 5.69 Å². The smallest absolute Gasteiger partial charge is 0.251 e.